The standard InChI is InChI=1S/C9H7BrClN3O2/c1-2-16-9(15)5-3-12-14-4-6(10)7(11)13-8(5)14/h3-4H,2H2,1H3. The minimum Gasteiger partial charge on any atom is -0.462 e. The van der Waals surface area contributed by atoms with Crippen LogP contribution < -0.4 is 0 Å². The molecule has 2 rings (SSSR count). The molecule has 0 aliphatic rings. The molecule has 0 amide bonds. The van der Waals surface area contributed by atoms with E-state index in [4.69, 9.17) is 16.3 Å². The second-order valence-corrected chi connectivity index (χ2v) is 4.14. The molecule has 5 nitrogen and oxygen atoms in total. The highest BCUT2D eigenvalue weighted by atomic mass is 79.9. The van der Waals surface area contributed by atoms with Crippen LogP contribution >= 0.6 is 27.5 Å². The van der Waals surface area contributed by atoms with Crippen LogP contribution in [0.5, 0.6) is 0 Å². The van der Waals surface area contributed by atoms with E-state index < -0.39 is 5.97 Å². The molecule has 0 aliphatic heterocycles. The van der Waals surface area contributed by atoms with Crippen LogP contribution in [-0.4, -0.2) is 27.2 Å². The van der Waals surface area contributed by atoms with Crippen molar-refractivity contribution < 1.29 is 9.53 Å². The Morgan fingerprint density at radius 2 is 2.44 bits per heavy atom. The van der Waals surface area contributed by atoms with Crippen molar-refractivity contribution >= 4 is 39.1 Å². The molecule has 2 aromatic heterocycles. The molecule has 0 aliphatic carbocycles. The first-order chi connectivity index (χ1) is 7.63. The molecule has 0 atom stereocenters. The Morgan fingerprint density at radius 3 is 3.12 bits per heavy atom. The van der Waals surface area contributed by atoms with Gasteiger partial charge in [-0.1, -0.05) is 11.6 Å². The third-order valence-electron chi connectivity index (χ3n) is 1.90. The Balaban J connectivity index is 2.56. The molecule has 0 fully saturated rings. The van der Waals surface area contributed by atoms with Crippen molar-refractivity contribution in [2.24, 2.45) is 0 Å². The first-order valence-electron chi connectivity index (χ1n) is 4.50. The Kier molecular flexibility index (Phi) is 3.11. The highest BCUT2D eigenvalue weighted by molar-refractivity contribution is 9.10. The normalized spacial score (nSPS) is 10.7. The van der Waals surface area contributed by atoms with Gasteiger partial charge in [0.2, 0.25) is 0 Å². The summed E-state index contributed by atoms with van der Waals surface area (Å²) in [6.45, 7) is 2.04. The van der Waals surface area contributed by atoms with E-state index in [1.807, 2.05) is 0 Å². The number of halogens is 2. The number of aromatic nitrogens is 3. The van der Waals surface area contributed by atoms with Crippen LogP contribution in [0.25, 0.3) is 5.65 Å². The minimum absolute atomic E-state index is 0.276. The number of esters is 1. The second-order valence-electron chi connectivity index (χ2n) is 2.93. The van der Waals surface area contributed by atoms with E-state index in [1.54, 1.807) is 13.1 Å². The lowest BCUT2D eigenvalue weighted by Gasteiger charge is -2.00. The van der Waals surface area contributed by atoms with Gasteiger partial charge in [0.15, 0.2) is 5.65 Å². The van der Waals surface area contributed by atoms with Gasteiger partial charge in [0, 0.05) is 6.20 Å². The average molecular weight is 305 g/mol. The van der Waals surface area contributed by atoms with Gasteiger partial charge in [-0.3, -0.25) is 0 Å². The number of nitrogens with zero attached hydrogens (tertiary/aromatic N) is 3. The first kappa shape index (κ1) is 11.3. The summed E-state index contributed by atoms with van der Waals surface area (Å²) >= 11 is 9.07. The molecule has 2 aromatic rings. The molecule has 0 bridgehead atoms. The Morgan fingerprint density at radius 1 is 1.69 bits per heavy atom. The van der Waals surface area contributed by atoms with Crippen molar-refractivity contribution in [1.82, 2.24) is 14.6 Å². The maximum atomic E-state index is 11.5. The molecule has 16 heavy (non-hydrogen) atoms. The van der Waals surface area contributed by atoms with Crippen molar-refractivity contribution in [3.05, 3.63) is 27.6 Å². The van der Waals surface area contributed by atoms with Gasteiger partial charge in [-0.2, -0.15) is 5.10 Å². The summed E-state index contributed by atoms with van der Waals surface area (Å²) < 4.78 is 6.95. The Bertz CT molecular complexity index is 555. The summed E-state index contributed by atoms with van der Waals surface area (Å²) in [4.78, 5) is 15.6. The van der Waals surface area contributed by atoms with Gasteiger partial charge in [-0.15, -0.1) is 0 Å². The van der Waals surface area contributed by atoms with E-state index in [0.717, 1.165) is 0 Å². The van der Waals surface area contributed by atoms with Gasteiger partial charge < -0.3 is 4.74 Å². The van der Waals surface area contributed by atoms with Gasteiger partial charge >= 0.3 is 5.97 Å². The number of rotatable bonds is 2. The van der Waals surface area contributed by atoms with E-state index in [-0.39, 0.29) is 5.15 Å². The summed E-state index contributed by atoms with van der Waals surface area (Å²) in [5.74, 6) is -0.455. The quantitative estimate of drug-likeness (QED) is 0.631. The molecule has 0 saturated carbocycles. The fourth-order valence-corrected chi connectivity index (χ4v) is 1.63. The van der Waals surface area contributed by atoms with Crippen molar-refractivity contribution in [2.75, 3.05) is 6.61 Å². The zero-order valence-electron chi connectivity index (χ0n) is 8.28. The van der Waals surface area contributed by atoms with Crippen LogP contribution in [0.15, 0.2) is 16.9 Å². The molecule has 0 unspecified atom stereocenters. The first-order valence-corrected chi connectivity index (χ1v) is 5.67. The zero-order chi connectivity index (χ0) is 11.7. The summed E-state index contributed by atoms with van der Waals surface area (Å²) in [5.41, 5.74) is 0.683. The minimum atomic E-state index is -0.455. The zero-order valence-corrected chi connectivity index (χ0v) is 10.6. The number of hydrogen-bond donors (Lipinski definition) is 0. The SMILES string of the molecule is CCOC(=O)c1cnn2cc(Br)c(Cl)nc12. The van der Waals surface area contributed by atoms with Crippen LogP contribution in [-0.2, 0) is 4.74 Å². The summed E-state index contributed by atoms with van der Waals surface area (Å²) in [5, 5.41) is 4.27. The summed E-state index contributed by atoms with van der Waals surface area (Å²) in [6.07, 6.45) is 3.04. The van der Waals surface area contributed by atoms with Crippen molar-refractivity contribution in [3.63, 3.8) is 0 Å². The van der Waals surface area contributed by atoms with E-state index >= 15 is 0 Å². The highest BCUT2D eigenvalue weighted by Gasteiger charge is 2.16. The van der Waals surface area contributed by atoms with Crippen molar-refractivity contribution in [2.45, 2.75) is 6.92 Å². The van der Waals surface area contributed by atoms with Crippen LogP contribution in [0, 0.1) is 0 Å². The number of ether oxygens (including phenoxy) is 1. The molecule has 0 spiro atoms. The number of carbonyl (C=O) groups is 1. The fraction of sp³-hybridized carbons (Fsp3) is 0.222. The number of hydrogen-bond acceptors (Lipinski definition) is 4. The average Bonchev–Trinajstić information content (AvgIpc) is 2.62. The maximum absolute atomic E-state index is 11.5. The van der Waals surface area contributed by atoms with Crippen LogP contribution in [0.2, 0.25) is 5.15 Å². The Labute approximate surface area is 104 Å². The molecule has 0 saturated heterocycles. The van der Waals surface area contributed by atoms with E-state index in [0.29, 0.717) is 22.3 Å². The summed E-state index contributed by atoms with van der Waals surface area (Å²) in [6, 6.07) is 0. The van der Waals surface area contributed by atoms with Gasteiger partial charge in [0.1, 0.15) is 10.7 Å². The highest BCUT2D eigenvalue weighted by Crippen LogP contribution is 2.21. The number of fused-ring (bicyclic) bond motifs is 1. The predicted molar refractivity (Wildman–Crippen MR) is 61.7 cm³/mol. The van der Waals surface area contributed by atoms with Gasteiger partial charge in [0.25, 0.3) is 0 Å². The molecule has 7 heteroatoms. The largest absolute Gasteiger partial charge is 0.462 e. The lowest BCUT2D eigenvalue weighted by molar-refractivity contribution is 0.0528. The molecule has 2 heterocycles. The summed E-state index contributed by atoms with van der Waals surface area (Å²) in [7, 11) is 0. The number of carbonyl (C=O) groups excluding carboxylic acids is 1. The van der Waals surface area contributed by atoms with Gasteiger partial charge in [0.05, 0.1) is 17.3 Å². The van der Waals surface area contributed by atoms with Crippen molar-refractivity contribution in [1.29, 1.82) is 0 Å². The lowest BCUT2D eigenvalue weighted by atomic mass is 10.3. The van der Waals surface area contributed by atoms with E-state index in [9.17, 15) is 4.79 Å². The molecular weight excluding hydrogens is 297 g/mol. The topological polar surface area (TPSA) is 56.5 Å². The van der Waals surface area contributed by atoms with Gasteiger partial charge in [-0.25, -0.2) is 14.3 Å². The van der Waals surface area contributed by atoms with Crippen LogP contribution in [0.4, 0.5) is 0 Å². The van der Waals surface area contributed by atoms with Gasteiger partial charge in [-0.05, 0) is 22.9 Å². The van der Waals surface area contributed by atoms with Crippen LogP contribution in [0.3, 0.4) is 0 Å². The smallest absolute Gasteiger partial charge is 0.343 e. The fourth-order valence-electron chi connectivity index (χ4n) is 1.22. The third kappa shape index (κ3) is 1.90. The third-order valence-corrected chi connectivity index (χ3v) is 3.00. The molecule has 0 radical (unpaired) electrons. The second kappa shape index (κ2) is 4.39. The molecule has 0 N–H and O–H groups in total. The van der Waals surface area contributed by atoms with Crippen LogP contribution in [0.1, 0.15) is 17.3 Å². The Hall–Kier alpha value is -1.14. The maximum Gasteiger partial charge on any atom is 0.343 e. The molecule has 0 aromatic carbocycles. The molecule has 84 valence electrons. The molecular formula is C9H7BrClN3O2. The van der Waals surface area contributed by atoms with E-state index in [1.165, 1.54) is 10.7 Å². The monoisotopic (exact) mass is 303 g/mol. The predicted octanol–water partition coefficient (Wildman–Crippen LogP) is 2.32. The van der Waals surface area contributed by atoms with Crippen molar-refractivity contribution in [3.8, 4) is 0 Å². The van der Waals surface area contributed by atoms with E-state index in [2.05, 4.69) is 26.0 Å². The lowest BCUT2D eigenvalue weighted by Crippen LogP contribution is -2.05.